The van der Waals surface area contributed by atoms with Crippen LogP contribution in [0, 0.1) is 28.1 Å². The first-order valence-corrected chi connectivity index (χ1v) is 26.6. The van der Waals surface area contributed by atoms with Crippen LogP contribution in [-0.4, -0.2) is 118 Å². The number of hydrogen-bond acceptors (Lipinski definition) is 13. The van der Waals surface area contributed by atoms with Gasteiger partial charge in [0.25, 0.3) is 5.91 Å². The highest BCUT2D eigenvalue weighted by Crippen LogP contribution is 2.67. The van der Waals surface area contributed by atoms with Crippen LogP contribution in [0.3, 0.4) is 0 Å². The number of rotatable bonds is 15. The zero-order valence-corrected chi connectivity index (χ0v) is 41.9. The molecule has 1 N–H and O–H groups in total. The summed E-state index contributed by atoms with van der Waals surface area (Å²) in [6, 6.07) is 15.1. The molecule has 3 aromatic rings. The van der Waals surface area contributed by atoms with Gasteiger partial charge in [-0.25, -0.2) is 0 Å². The molecule has 13 nitrogen and oxygen atoms in total. The molecule has 358 valence electrons. The topological polar surface area (TPSA) is 166 Å². The summed E-state index contributed by atoms with van der Waals surface area (Å²) in [6.45, 7) is 13.4. The molecule has 0 saturated carbocycles. The number of halogens is 2. The third-order valence-electron chi connectivity index (χ3n) is 12.1. The fourth-order valence-corrected chi connectivity index (χ4v) is 12.7. The van der Waals surface area contributed by atoms with Crippen molar-refractivity contribution in [1.29, 1.82) is 5.26 Å². The van der Waals surface area contributed by atoms with E-state index in [4.69, 9.17) is 9.05 Å². The minimum Gasteiger partial charge on any atom is -0.339 e. The van der Waals surface area contributed by atoms with Crippen molar-refractivity contribution in [3.05, 3.63) is 70.6 Å². The van der Waals surface area contributed by atoms with Crippen LogP contribution < -0.4 is 5.32 Å². The number of nitrogens with zero attached hydrogens (tertiary/aromatic N) is 4. The Morgan fingerprint density at radius 1 is 0.894 bits per heavy atom. The summed E-state index contributed by atoms with van der Waals surface area (Å²) in [5, 5.41) is 12.8. The third kappa shape index (κ3) is 11.8. The van der Waals surface area contributed by atoms with Crippen molar-refractivity contribution in [2.75, 3.05) is 57.4 Å². The van der Waals surface area contributed by atoms with Gasteiger partial charge in [0.15, 0.2) is 10.2 Å². The molecule has 19 heteroatoms. The zero-order valence-electron chi connectivity index (χ0n) is 38.6. The Morgan fingerprint density at radius 2 is 1.53 bits per heavy atom. The molecule has 1 aromatic heterocycles. The lowest BCUT2D eigenvalue weighted by molar-refractivity contribution is -0.147. The molecule has 3 aliphatic heterocycles. The summed E-state index contributed by atoms with van der Waals surface area (Å²) in [5.41, 5.74) is -5.26. The SMILES string of the molecule is CCN1CC[C@H]2CC[C@@H](C(=O)N3C[C@H](c4ccccc4)[C@@H](C#N)C3)N2C(=O)[C@@H](NC(=O)c2cc3cc(C(F)(F)P(=O)(OCCSC(=O)C(C)(C)C)OCCSC(=O)C(C)(C)C)ccc3s2)C1. The molecule has 66 heavy (non-hydrogen) atoms. The number of likely N-dealkylation sites (N-methyl/N-ethyl adjacent to an activating group) is 1. The smallest absolute Gasteiger partial charge is 0.339 e. The second kappa shape index (κ2) is 21.3. The Morgan fingerprint density at radius 3 is 2.12 bits per heavy atom. The average molecular weight is 988 g/mol. The Kier molecular flexibility index (Phi) is 16.7. The lowest BCUT2D eigenvalue weighted by atomic mass is 9.90. The fourth-order valence-electron chi connectivity index (χ4n) is 8.39. The number of benzene rings is 2. The van der Waals surface area contributed by atoms with E-state index in [1.165, 1.54) is 12.1 Å². The molecule has 0 spiro atoms. The van der Waals surface area contributed by atoms with Crippen molar-refractivity contribution < 1.29 is 46.4 Å². The monoisotopic (exact) mass is 987 g/mol. The molecule has 3 fully saturated rings. The Labute approximate surface area is 398 Å². The number of carbonyl (C=O) groups is 5. The number of likely N-dealkylation sites (tertiary alicyclic amines) is 1. The largest absolute Gasteiger partial charge is 0.404 e. The number of alkyl halides is 2. The minimum atomic E-state index is -5.28. The van der Waals surface area contributed by atoms with Gasteiger partial charge in [-0.05, 0) is 55.0 Å². The summed E-state index contributed by atoms with van der Waals surface area (Å²) >= 11 is 2.79. The standard InChI is InChI=1S/C47H60F2N5O8PS3/c1-8-52-19-18-34-15-16-37(42(57)53-27-32(26-50)35(28-53)30-12-10-9-11-13-30)54(34)41(56)36(29-52)51-40(55)39-25-31-24-33(14-17-38(31)66-39)47(48,49)63(60,61-20-22-64-43(58)45(2,3)4)62-21-23-65-44(59)46(5,6)7/h9-14,17,24-25,32,34-37H,8,15-16,18-23,27-29H2,1-7H3,(H,51,55)/t32-,34+,35+,36-,37-/m0/s1. The Balaban J connectivity index is 1.19. The lowest BCUT2D eigenvalue weighted by Gasteiger charge is -2.39. The highest BCUT2D eigenvalue weighted by Gasteiger charge is 2.55. The summed E-state index contributed by atoms with van der Waals surface area (Å²) in [7, 11) is -5.28. The number of carbonyl (C=O) groups excluding carboxylic acids is 5. The zero-order chi connectivity index (χ0) is 48.2. The van der Waals surface area contributed by atoms with E-state index in [1.807, 2.05) is 37.3 Å². The van der Waals surface area contributed by atoms with E-state index in [2.05, 4.69) is 16.3 Å². The van der Waals surface area contributed by atoms with Gasteiger partial charge in [-0.2, -0.15) is 14.0 Å². The maximum atomic E-state index is 16.5. The van der Waals surface area contributed by atoms with Gasteiger partial charge in [0, 0.05) is 70.7 Å². The van der Waals surface area contributed by atoms with Crippen LogP contribution in [0.15, 0.2) is 54.6 Å². The van der Waals surface area contributed by atoms with Crippen LogP contribution in [0.1, 0.15) is 94.4 Å². The number of amides is 3. The number of thioether (sulfide) groups is 2. The van der Waals surface area contributed by atoms with Gasteiger partial charge in [0.05, 0.1) is 30.1 Å². The molecule has 3 saturated heterocycles. The molecule has 3 amide bonds. The van der Waals surface area contributed by atoms with E-state index >= 15 is 8.78 Å². The molecule has 0 aliphatic carbocycles. The Bertz CT molecular complexity index is 2330. The highest BCUT2D eigenvalue weighted by molar-refractivity contribution is 8.14. The molecule has 0 radical (unpaired) electrons. The molecular weight excluding hydrogens is 928 g/mol. The van der Waals surface area contributed by atoms with Crippen LogP contribution in [-0.2, 0) is 38.5 Å². The van der Waals surface area contributed by atoms with Crippen molar-refractivity contribution in [3.8, 4) is 6.07 Å². The molecule has 0 bridgehead atoms. The lowest BCUT2D eigenvalue weighted by Crippen LogP contribution is -2.60. The van der Waals surface area contributed by atoms with E-state index in [9.17, 15) is 33.8 Å². The molecule has 6 rings (SSSR count). The van der Waals surface area contributed by atoms with Gasteiger partial charge in [-0.15, -0.1) is 11.3 Å². The van der Waals surface area contributed by atoms with Gasteiger partial charge in [0.1, 0.15) is 12.1 Å². The van der Waals surface area contributed by atoms with Gasteiger partial charge in [0.2, 0.25) is 11.8 Å². The van der Waals surface area contributed by atoms with E-state index in [0.29, 0.717) is 43.6 Å². The van der Waals surface area contributed by atoms with Crippen molar-refractivity contribution >= 4 is 80.5 Å². The third-order valence-corrected chi connectivity index (χ3v) is 17.7. The Hall–Kier alpha value is -3.69. The van der Waals surface area contributed by atoms with Gasteiger partial charge in [-0.3, -0.25) is 28.5 Å². The van der Waals surface area contributed by atoms with Crippen molar-refractivity contribution in [2.24, 2.45) is 16.7 Å². The van der Waals surface area contributed by atoms with Gasteiger partial charge < -0.3 is 29.1 Å². The average Bonchev–Trinajstić information content (AvgIpc) is 4.03. The molecule has 5 atom stereocenters. The van der Waals surface area contributed by atoms with Crippen molar-refractivity contribution in [1.82, 2.24) is 20.0 Å². The van der Waals surface area contributed by atoms with E-state index in [-0.39, 0.29) is 68.9 Å². The predicted octanol–water partition coefficient (Wildman–Crippen LogP) is 8.74. The normalized spacial score (nSPS) is 22.2. The van der Waals surface area contributed by atoms with Gasteiger partial charge in [-0.1, -0.05) is 108 Å². The van der Waals surface area contributed by atoms with Crippen LogP contribution in [0.5, 0.6) is 0 Å². The van der Waals surface area contributed by atoms with Crippen LogP contribution in [0.25, 0.3) is 10.1 Å². The first-order chi connectivity index (χ1) is 31.1. The number of hydrogen-bond donors (Lipinski definition) is 1. The second-order valence-electron chi connectivity index (χ2n) is 19.0. The fraction of sp³-hybridized carbons (Fsp3) is 0.574. The number of nitrogens with one attached hydrogen (secondary N) is 1. The summed E-state index contributed by atoms with van der Waals surface area (Å²) in [5.74, 6) is -1.82. The van der Waals surface area contributed by atoms with Crippen molar-refractivity contribution in [2.45, 2.75) is 97.4 Å². The minimum absolute atomic E-state index is 0.0515. The van der Waals surface area contributed by atoms with Crippen LogP contribution in [0.4, 0.5) is 8.78 Å². The summed E-state index contributed by atoms with van der Waals surface area (Å²) in [4.78, 5) is 73.5. The molecule has 2 aromatic carbocycles. The first kappa shape index (κ1) is 51.7. The molecule has 3 aliphatic rings. The van der Waals surface area contributed by atoms with Crippen LogP contribution >= 0.6 is 42.5 Å². The van der Waals surface area contributed by atoms with Crippen LogP contribution in [0.2, 0.25) is 0 Å². The number of fused-ring (bicyclic) bond motifs is 2. The van der Waals surface area contributed by atoms with E-state index < -0.39 is 66.8 Å². The molecular formula is C47H60F2N5O8PS3. The maximum absolute atomic E-state index is 16.5. The van der Waals surface area contributed by atoms with E-state index in [1.54, 1.807) is 51.3 Å². The summed E-state index contributed by atoms with van der Waals surface area (Å²) < 4.78 is 58.4. The first-order valence-electron chi connectivity index (χ1n) is 22.3. The molecule has 0 unspecified atom stereocenters. The quantitative estimate of drug-likeness (QED) is 0.114. The number of nitriles is 1. The summed E-state index contributed by atoms with van der Waals surface area (Å²) in [6.07, 6.45) is 1.75. The van der Waals surface area contributed by atoms with E-state index in [0.717, 1.165) is 52.6 Å². The van der Waals surface area contributed by atoms with Crippen molar-refractivity contribution in [3.63, 3.8) is 0 Å². The predicted molar refractivity (Wildman–Crippen MR) is 256 cm³/mol. The highest BCUT2D eigenvalue weighted by atomic mass is 32.2. The number of thiophene rings is 1. The van der Waals surface area contributed by atoms with Gasteiger partial charge >= 0.3 is 13.3 Å². The molecule has 4 heterocycles. The maximum Gasteiger partial charge on any atom is 0.404 e. The second-order valence-corrected chi connectivity index (χ2v) is 24.3.